The summed E-state index contributed by atoms with van der Waals surface area (Å²) in [5.74, 6) is -0.362. The first-order valence-corrected chi connectivity index (χ1v) is 6.89. The Balaban J connectivity index is 1.90. The molecule has 2 aromatic rings. The molecule has 0 fully saturated rings. The van der Waals surface area contributed by atoms with Gasteiger partial charge in [0, 0.05) is 25.4 Å². The number of nitrogens with zero attached hydrogens (tertiary/aromatic N) is 2. The lowest BCUT2D eigenvalue weighted by atomic mass is 10.2. The molecule has 2 rings (SSSR count). The Bertz CT molecular complexity index is 583. The average molecular weight is 290 g/mol. The van der Waals surface area contributed by atoms with E-state index in [1.165, 1.54) is 6.07 Å². The summed E-state index contributed by atoms with van der Waals surface area (Å²) in [5.41, 5.74) is 1.18. The minimum absolute atomic E-state index is 0.0238. The summed E-state index contributed by atoms with van der Waals surface area (Å²) >= 11 is 0. The van der Waals surface area contributed by atoms with Crippen molar-refractivity contribution in [1.29, 1.82) is 0 Å². The second-order valence-electron chi connectivity index (χ2n) is 4.74. The highest BCUT2D eigenvalue weighted by atomic mass is 19.1. The summed E-state index contributed by atoms with van der Waals surface area (Å²) in [5, 5.41) is 5.77. The molecule has 0 spiro atoms. The summed E-state index contributed by atoms with van der Waals surface area (Å²) in [7, 11) is 1.85. The largest absolute Gasteiger partial charge is 0.352 e. The molecule has 1 aromatic heterocycles. The summed E-state index contributed by atoms with van der Waals surface area (Å²) in [6.07, 6.45) is 6.08. The second-order valence-corrected chi connectivity index (χ2v) is 4.74. The molecule has 1 heterocycles. The number of rotatable bonds is 7. The van der Waals surface area contributed by atoms with Gasteiger partial charge in [-0.05, 0) is 37.7 Å². The van der Waals surface area contributed by atoms with Crippen LogP contribution in [0.4, 0.5) is 4.39 Å². The lowest BCUT2D eigenvalue weighted by Crippen LogP contribution is -2.23. The lowest BCUT2D eigenvalue weighted by Gasteiger charge is -2.08. The Labute approximate surface area is 123 Å². The number of carbonyl (C=O) groups excluding carboxylic acids is 1. The number of hydrogen-bond acceptors (Lipinski definition) is 3. The van der Waals surface area contributed by atoms with Gasteiger partial charge in [-0.15, -0.1) is 0 Å². The fourth-order valence-electron chi connectivity index (χ4n) is 1.99. The molecule has 0 radical (unpaired) electrons. The molecular weight excluding hydrogens is 271 g/mol. The van der Waals surface area contributed by atoms with Crippen molar-refractivity contribution in [3.63, 3.8) is 0 Å². The first-order valence-electron chi connectivity index (χ1n) is 6.89. The van der Waals surface area contributed by atoms with Crippen LogP contribution in [0.25, 0.3) is 5.69 Å². The van der Waals surface area contributed by atoms with E-state index in [-0.39, 0.29) is 11.7 Å². The molecule has 0 unspecified atom stereocenters. The van der Waals surface area contributed by atoms with E-state index in [4.69, 9.17) is 0 Å². The van der Waals surface area contributed by atoms with E-state index in [0.29, 0.717) is 18.7 Å². The Morgan fingerprint density at radius 2 is 2.29 bits per heavy atom. The maximum atomic E-state index is 14.0. The van der Waals surface area contributed by atoms with Gasteiger partial charge in [-0.2, -0.15) is 0 Å². The van der Waals surface area contributed by atoms with Gasteiger partial charge in [0.2, 0.25) is 5.91 Å². The fourth-order valence-corrected chi connectivity index (χ4v) is 1.99. The number of nitrogens with one attached hydrogen (secondary N) is 2. The quantitative estimate of drug-likeness (QED) is 0.762. The number of carbonyl (C=O) groups is 1. The van der Waals surface area contributed by atoms with E-state index in [9.17, 15) is 9.18 Å². The number of benzene rings is 1. The lowest BCUT2D eigenvalue weighted by molar-refractivity contribution is -0.121. The van der Waals surface area contributed by atoms with Crippen molar-refractivity contribution in [3.8, 4) is 5.69 Å². The molecule has 0 aliphatic rings. The maximum absolute atomic E-state index is 14.0. The zero-order valence-corrected chi connectivity index (χ0v) is 12.0. The van der Waals surface area contributed by atoms with Crippen molar-refractivity contribution in [1.82, 2.24) is 20.2 Å². The van der Waals surface area contributed by atoms with Crippen LogP contribution in [0.2, 0.25) is 0 Å². The first-order chi connectivity index (χ1) is 10.2. The van der Waals surface area contributed by atoms with Gasteiger partial charge in [-0.3, -0.25) is 4.79 Å². The summed E-state index contributed by atoms with van der Waals surface area (Å²) in [4.78, 5) is 15.5. The van der Waals surface area contributed by atoms with Crippen molar-refractivity contribution in [2.24, 2.45) is 0 Å². The normalized spacial score (nSPS) is 10.6. The van der Waals surface area contributed by atoms with Crippen LogP contribution >= 0.6 is 0 Å². The number of aromatic nitrogens is 2. The average Bonchev–Trinajstić information content (AvgIpc) is 2.99. The summed E-state index contributed by atoms with van der Waals surface area (Å²) < 4.78 is 15.6. The fraction of sp³-hybridized carbons (Fsp3) is 0.333. The molecule has 0 saturated carbocycles. The van der Waals surface area contributed by atoms with Crippen molar-refractivity contribution in [2.45, 2.75) is 19.4 Å². The van der Waals surface area contributed by atoms with Crippen LogP contribution in [0, 0.1) is 5.82 Å². The highest BCUT2D eigenvalue weighted by Gasteiger charge is 2.06. The van der Waals surface area contributed by atoms with E-state index >= 15 is 0 Å². The Hall–Kier alpha value is -2.21. The van der Waals surface area contributed by atoms with Crippen molar-refractivity contribution in [3.05, 3.63) is 48.3 Å². The monoisotopic (exact) mass is 290 g/mol. The Kier molecular flexibility index (Phi) is 5.45. The van der Waals surface area contributed by atoms with Gasteiger partial charge in [0.1, 0.15) is 5.82 Å². The molecule has 1 amide bonds. The van der Waals surface area contributed by atoms with Gasteiger partial charge in [0.05, 0.1) is 12.0 Å². The molecule has 5 nitrogen and oxygen atoms in total. The second kappa shape index (κ2) is 7.54. The smallest absolute Gasteiger partial charge is 0.220 e. The van der Waals surface area contributed by atoms with Gasteiger partial charge < -0.3 is 15.2 Å². The number of halogens is 1. The van der Waals surface area contributed by atoms with Gasteiger partial charge in [-0.1, -0.05) is 6.07 Å². The summed E-state index contributed by atoms with van der Waals surface area (Å²) in [6.45, 7) is 1.14. The molecule has 0 saturated heterocycles. The van der Waals surface area contributed by atoms with Crippen LogP contribution in [0.1, 0.15) is 18.4 Å². The van der Waals surface area contributed by atoms with Crippen molar-refractivity contribution in [2.75, 3.05) is 13.6 Å². The van der Waals surface area contributed by atoms with E-state index in [2.05, 4.69) is 15.6 Å². The Morgan fingerprint density at radius 1 is 1.43 bits per heavy atom. The predicted octanol–water partition coefficient (Wildman–Crippen LogP) is 1.63. The van der Waals surface area contributed by atoms with Crippen LogP contribution in [0.5, 0.6) is 0 Å². The molecule has 0 aliphatic heterocycles. The van der Waals surface area contributed by atoms with E-state index in [1.54, 1.807) is 35.4 Å². The van der Waals surface area contributed by atoms with Crippen LogP contribution in [-0.4, -0.2) is 29.1 Å². The van der Waals surface area contributed by atoms with Gasteiger partial charge in [0.25, 0.3) is 0 Å². The van der Waals surface area contributed by atoms with Crippen LogP contribution in [-0.2, 0) is 11.3 Å². The summed E-state index contributed by atoms with van der Waals surface area (Å²) in [6, 6.07) is 4.91. The highest BCUT2D eigenvalue weighted by Crippen LogP contribution is 2.14. The van der Waals surface area contributed by atoms with Crippen molar-refractivity contribution >= 4 is 5.91 Å². The third-order valence-electron chi connectivity index (χ3n) is 3.11. The molecule has 2 N–H and O–H groups in total. The molecule has 1 aromatic carbocycles. The highest BCUT2D eigenvalue weighted by molar-refractivity contribution is 5.75. The minimum atomic E-state index is -0.338. The van der Waals surface area contributed by atoms with E-state index < -0.39 is 0 Å². The molecular formula is C15H19FN4O. The minimum Gasteiger partial charge on any atom is -0.352 e. The number of amides is 1. The maximum Gasteiger partial charge on any atom is 0.220 e. The van der Waals surface area contributed by atoms with Crippen LogP contribution in [0.3, 0.4) is 0 Å². The van der Waals surface area contributed by atoms with Crippen molar-refractivity contribution < 1.29 is 9.18 Å². The van der Waals surface area contributed by atoms with Crippen LogP contribution < -0.4 is 10.6 Å². The number of hydrogen-bond donors (Lipinski definition) is 2. The molecule has 112 valence electrons. The molecule has 6 heteroatoms. The van der Waals surface area contributed by atoms with E-state index in [0.717, 1.165) is 18.5 Å². The molecule has 0 bridgehead atoms. The van der Waals surface area contributed by atoms with Gasteiger partial charge in [-0.25, -0.2) is 9.37 Å². The number of imidazole rings is 1. The third kappa shape index (κ3) is 4.39. The van der Waals surface area contributed by atoms with Gasteiger partial charge >= 0.3 is 0 Å². The zero-order chi connectivity index (χ0) is 15.1. The SMILES string of the molecule is CNCCCC(=O)NCc1ccc(-n2ccnc2)c(F)c1. The third-order valence-corrected chi connectivity index (χ3v) is 3.11. The van der Waals surface area contributed by atoms with E-state index in [1.807, 2.05) is 7.05 Å². The standard InChI is InChI=1S/C15H19FN4O/c1-17-6-2-3-15(21)19-10-12-4-5-14(13(16)9-12)20-8-7-18-11-20/h4-5,7-9,11,17H,2-3,6,10H2,1H3,(H,19,21). The predicted molar refractivity (Wildman–Crippen MR) is 78.5 cm³/mol. The first kappa shape index (κ1) is 15.2. The zero-order valence-electron chi connectivity index (χ0n) is 12.0. The Morgan fingerprint density at radius 3 is 2.95 bits per heavy atom. The van der Waals surface area contributed by atoms with Gasteiger partial charge in [0.15, 0.2) is 0 Å². The molecule has 0 aliphatic carbocycles. The molecule has 21 heavy (non-hydrogen) atoms. The molecule has 0 atom stereocenters. The topological polar surface area (TPSA) is 59.0 Å². The van der Waals surface area contributed by atoms with Crippen LogP contribution in [0.15, 0.2) is 36.9 Å².